The first-order valence-corrected chi connectivity index (χ1v) is 6.73. The smallest absolute Gasteiger partial charge is 0.415 e. The summed E-state index contributed by atoms with van der Waals surface area (Å²) in [7, 11) is 0. The van der Waals surface area contributed by atoms with Crippen LogP contribution < -0.4 is 0 Å². The van der Waals surface area contributed by atoms with Gasteiger partial charge in [0.2, 0.25) is 0 Å². The highest BCUT2D eigenvalue weighted by atomic mass is 16.6. The van der Waals surface area contributed by atoms with Gasteiger partial charge in [-0.2, -0.15) is 5.26 Å². The van der Waals surface area contributed by atoms with Crippen molar-refractivity contribution in [3.05, 3.63) is 41.7 Å². The van der Waals surface area contributed by atoms with Crippen LogP contribution in [0, 0.1) is 11.3 Å². The first kappa shape index (κ1) is 14.9. The van der Waals surface area contributed by atoms with Crippen LogP contribution in [-0.2, 0) is 9.47 Å². The van der Waals surface area contributed by atoms with E-state index in [2.05, 4.69) is 6.07 Å². The molecule has 0 radical (unpaired) electrons. The molecule has 2 rings (SSSR count). The monoisotopic (exact) mass is 286 g/mol. The lowest BCUT2D eigenvalue weighted by Crippen LogP contribution is -2.39. The second-order valence-corrected chi connectivity index (χ2v) is 5.70. The van der Waals surface area contributed by atoms with E-state index in [0.717, 1.165) is 5.56 Å². The van der Waals surface area contributed by atoms with Gasteiger partial charge >= 0.3 is 6.09 Å². The van der Waals surface area contributed by atoms with Crippen LogP contribution in [0.15, 0.2) is 30.5 Å². The van der Waals surface area contributed by atoms with Crippen molar-refractivity contribution in [2.75, 3.05) is 13.2 Å². The molecule has 5 heteroatoms. The number of rotatable bonds is 1. The second-order valence-electron chi connectivity index (χ2n) is 5.70. The van der Waals surface area contributed by atoms with Gasteiger partial charge in [-0.15, -0.1) is 0 Å². The van der Waals surface area contributed by atoms with Crippen molar-refractivity contribution in [2.24, 2.45) is 0 Å². The van der Waals surface area contributed by atoms with Crippen molar-refractivity contribution in [3.63, 3.8) is 0 Å². The minimum absolute atomic E-state index is 0.414. The van der Waals surface area contributed by atoms with Crippen LogP contribution in [0.2, 0.25) is 0 Å². The number of carbonyl (C=O) groups is 1. The second kappa shape index (κ2) is 5.88. The maximum atomic E-state index is 12.3. The Morgan fingerprint density at radius 1 is 1.43 bits per heavy atom. The third-order valence-electron chi connectivity index (χ3n) is 2.82. The molecule has 1 amide bonds. The van der Waals surface area contributed by atoms with Gasteiger partial charge in [0.15, 0.2) is 0 Å². The molecule has 0 N–H and O–H groups in total. The van der Waals surface area contributed by atoms with Gasteiger partial charge in [-0.1, -0.05) is 12.1 Å². The highest BCUT2D eigenvalue weighted by Crippen LogP contribution is 2.25. The Morgan fingerprint density at radius 2 is 2.19 bits per heavy atom. The van der Waals surface area contributed by atoms with E-state index >= 15 is 0 Å². The molecule has 21 heavy (non-hydrogen) atoms. The number of nitriles is 1. The number of benzene rings is 1. The number of carbonyl (C=O) groups excluding carboxylic acids is 1. The molecule has 0 aliphatic carbocycles. The molecule has 0 saturated heterocycles. The summed E-state index contributed by atoms with van der Waals surface area (Å²) in [6.07, 6.45) is 1.11. The van der Waals surface area contributed by atoms with Crippen LogP contribution >= 0.6 is 0 Å². The lowest BCUT2D eigenvalue weighted by Gasteiger charge is -2.31. The molecule has 1 heterocycles. The molecule has 1 aromatic carbocycles. The van der Waals surface area contributed by atoms with E-state index in [1.165, 1.54) is 11.2 Å². The molecule has 110 valence electrons. The molecule has 5 nitrogen and oxygen atoms in total. The third-order valence-corrected chi connectivity index (χ3v) is 2.82. The molecule has 0 bridgehead atoms. The van der Waals surface area contributed by atoms with Gasteiger partial charge in [-0.3, -0.25) is 4.90 Å². The SMILES string of the molecule is CC(C)(C)OC(=O)N1CCOC=C1c1cccc(C#N)c1. The standard InChI is InChI=1S/C16H18N2O3/c1-16(2,3)21-15(19)18-7-8-20-11-14(18)13-6-4-5-12(9-13)10-17/h4-6,9,11H,7-8H2,1-3H3. The van der Waals surface area contributed by atoms with Crippen molar-refractivity contribution in [1.82, 2.24) is 4.90 Å². The molecule has 0 saturated carbocycles. The van der Waals surface area contributed by atoms with Crippen molar-refractivity contribution >= 4 is 11.8 Å². The predicted molar refractivity (Wildman–Crippen MR) is 78.0 cm³/mol. The van der Waals surface area contributed by atoms with Crippen LogP contribution in [0.25, 0.3) is 5.70 Å². The number of nitrogens with zero attached hydrogens (tertiary/aromatic N) is 2. The van der Waals surface area contributed by atoms with Gasteiger partial charge in [0.05, 0.1) is 23.9 Å². The van der Waals surface area contributed by atoms with Gasteiger partial charge in [0.25, 0.3) is 0 Å². The Bertz CT molecular complexity index is 609. The average molecular weight is 286 g/mol. The Labute approximate surface area is 124 Å². The fourth-order valence-electron chi connectivity index (χ4n) is 1.94. The van der Waals surface area contributed by atoms with Crippen LogP contribution in [0.3, 0.4) is 0 Å². The zero-order valence-electron chi connectivity index (χ0n) is 12.4. The summed E-state index contributed by atoms with van der Waals surface area (Å²) in [4.78, 5) is 13.8. The van der Waals surface area contributed by atoms with Crippen molar-refractivity contribution in [3.8, 4) is 6.07 Å². The largest absolute Gasteiger partial charge is 0.497 e. The highest BCUT2D eigenvalue weighted by molar-refractivity contribution is 5.82. The quantitative estimate of drug-likeness (QED) is 0.795. The highest BCUT2D eigenvalue weighted by Gasteiger charge is 2.27. The van der Waals surface area contributed by atoms with E-state index in [1.54, 1.807) is 18.2 Å². The molecule has 0 atom stereocenters. The average Bonchev–Trinajstić information content (AvgIpc) is 2.45. The van der Waals surface area contributed by atoms with Gasteiger partial charge in [-0.05, 0) is 32.9 Å². The molecule has 0 aromatic heterocycles. The van der Waals surface area contributed by atoms with E-state index in [1.807, 2.05) is 26.8 Å². The summed E-state index contributed by atoms with van der Waals surface area (Å²) < 4.78 is 10.7. The molecule has 0 fully saturated rings. The molecule has 1 aliphatic heterocycles. The fourth-order valence-corrected chi connectivity index (χ4v) is 1.94. The van der Waals surface area contributed by atoms with Gasteiger partial charge < -0.3 is 9.47 Å². The van der Waals surface area contributed by atoms with E-state index in [4.69, 9.17) is 14.7 Å². The molecular formula is C16H18N2O3. The van der Waals surface area contributed by atoms with Gasteiger partial charge in [0.1, 0.15) is 18.5 Å². The topological polar surface area (TPSA) is 62.6 Å². The molecule has 1 aromatic rings. The fraction of sp³-hybridized carbons (Fsp3) is 0.375. The lowest BCUT2D eigenvalue weighted by atomic mass is 10.1. The number of ether oxygens (including phenoxy) is 2. The van der Waals surface area contributed by atoms with Crippen LogP contribution in [0.5, 0.6) is 0 Å². The summed E-state index contributed by atoms with van der Waals surface area (Å²) in [5.41, 5.74) is 1.32. The summed E-state index contributed by atoms with van der Waals surface area (Å²) in [6, 6.07) is 9.13. The van der Waals surface area contributed by atoms with Crippen LogP contribution in [0.1, 0.15) is 31.9 Å². The maximum absolute atomic E-state index is 12.3. The van der Waals surface area contributed by atoms with Crippen LogP contribution in [0.4, 0.5) is 4.79 Å². The van der Waals surface area contributed by atoms with E-state index in [9.17, 15) is 4.79 Å². The van der Waals surface area contributed by atoms with E-state index in [-0.39, 0.29) is 0 Å². The minimum atomic E-state index is -0.561. The normalized spacial score (nSPS) is 14.8. The Balaban J connectivity index is 2.29. The Morgan fingerprint density at radius 3 is 2.86 bits per heavy atom. The van der Waals surface area contributed by atoms with Crippen molar-refractivity contribution < 1.29 is 14.3 Å². The lowest BCUT2D eigenvalue weighted by molar-refractivity contribution is 0.0296. The van der Waals surface area contributed by atoms with Crippen LogP contribution in [-0.4, -0.2) is 29.7 Å². The maximum Gasteiger partial charge on any atom is 0.415 e. The minimum Gasteiger partial charge on any atom is -0.497 e. The van der Waals surface area contributed by atoms with E-state index in [0.29, 0.717) is 24.4 Å². The summed E-state index contributed by atoms with van der Waals surface area (Å²) in [5.74, 6) is 0. The molecular weight excluding hydrogens is 268 g/mol. The third kappa shape index (κ3) is 3.76. The molecule has 0 spiro atoms. The molecule has 0 unspecified atom stereocenters. The first-order valence-electron chi connectivity index (χ1n) is 6.73. The number of hydrogen-bond acceptors (Lipinski definition) is 4. The zero-order chi connectivity index (χ0) is 15.5. The first-order chi connectivity index (χ1) is 9.90. The van der Waals surface area contributed by atoms with Gasteiger partial charge in [-0.25, -0.2) is 4.79 Å². The summed E-state index contributed by atoms with van der Waals surface area (Å²) >= 11 is 0. The Kier molecular flexibility index (Phi) is 4.18. The van der Waals surface area contributed by atoms with Crippen molar-refractivity contribution in [2.45, 2.75) is 26.4 Å². The van der Waals surface area contributed by atoms with Crippen molar-refractivity contribution in [1.29, 1.82) is 5.26 Å². The number of hydrogen-bond donors (Lipinski definition) is 0. The predicted octanol–water partition coefficient (Wildman–Crippen LogP) is 3.12. The molecule has 1 aliphatic rings. The summed E-state index contributed by atoms with van der Waals surface area (Å²) in [6.45, 7) is 6.30. The van der Waals surface area contributed by atoms with Gasteiger partial charge in [0, 0.05) is 5.56 Å². The summed E-state index contributed by atoms with van der Waals surface area (Å²) in [5, 5.41) is 8.98. The number of amides is 1. The zero-order valence-corrected chi connectivity index (χ0v) is 12.4. The Hall–Kier alpha value is -2.48. The van der Waals surface area contributed by atoms with E-state index < -0.39 is 11.7 Å².